The Morgan fingerprint density at radius 3 is 2.84 bits per heavy atom. The molecule has 132 valence electrons. The van der Waals surface area contributed by atoms with E-state index in [1.54, 1.807) is 34.8 Å². The minimum atomic E-state index is -0.348. The molecule has 3 rings (SSSR count). The van der Waals surface area contributed by atoms with Gasteiger partial charge in [-0.05, 0) is 12.1 Å². The maximum atomic E-state index is 12.7. The fraction of sp³-hybridized carbons (Fsp3) is 0.389. The van der Waals surface area contributed by atoms with Crippen LogP contribution in [0.15, 0.2) is 36.7 Å². The van der Waals surface area contributed by atoms with Gasteiger partial charge in [0.25, 0.3) is 0 Å². The van der Waals surface area contributed by atoms with Gasteiger partial charge in [0.2, 0.25) is 11.8 Å². The van der Waals surface area contributed by atoms with Crippen LogP contribution in [0.5, 0.6) is 5.75 Å². The normalized spacial score (nSPS) is 17.0. The first-order valence-electron chi connectivity index (χ1n) is 8.15. The number of anilines is 1. The molecule has 25 heavy (non-hydrogen) atoms. The van der Waals surface area contributed by atoms with Crippen molar-refractivity contribution in [1.82, 2.24) is 14.7 Å². The highest BCUT2D eigenvalue weighted by Gasteiger charge is 2.37. The Balaban J connectivity index is 1.70. The fourth-order valence-electron chi connectivity index (χ4n) is 3.18. The van der Waals surface area contributed by atoms with Gasteiger partial charge in [-0.3, -0.25) is 14.3 Å². The number of ether oxygens (including phenoxy) is 1. The van der Waals surface area contributed by atoms with Crippen LogP contribution in [-0.2, 0) is 23.2 Å². The Bertz CT molecular complexity index is 786. The number of para-hydroxylation sites is 2. The molecule has 0 N–H and O–H groups in total. The summed E-state index contributed by atoms with van der Waals surface area (Å²) in [7, 11) is 5.17. The zero-order valence-corrected chi connectivity index (χ0v) is 14.7. The summed E-state index contributed by atoms with van der Waals surface area (Å²) < 4.78 is 7.04. The van der Waals surface area contributed by atoms with E-state index in [2.05, 4.69) is 5.10 Å². The molecule has 0 spiro atoms. The minimum absolute atomic E-state index is 0.0328. The third-order valence-corrected chi connectivity index (χ3v) is 4.40. The maximum Gasteiger partial charge on any atom is 0.228 e. The van der Waals surface area contributed by atoms with Crippen LogP contribution in [0.3, 0.4) is 0 Å². The largest absolute Gasteiger partial charge is 0.495 e. The van der Waals surface area contributed by atoms with E-state index in [4.69, 9.17) is 4.74 Å². The van der Waals surface area contributed by atoms with Gasteiger partial charge in [-0.25, -0.2) is 0 Å². The van der Waals surface area contributed by atoms with E-state index >= 15 is 0 Å². The number of amides is 2. The summed E-state index contributed by atoms with van der Waals surface area (Å²) >= 11 is 0. The van der Waals surface area contributed by atoms with Gasteiger partial charge in [0.15, 0.2) is 0 Å². The van der Waals surface area contributed by atoms with E-state index in [9.17, 15) is 9.59 Å². The lowest BCUT2D eigenvalue weighted by Gasteiger charge is -2.22. The Morgan fingerprint density at radius 1 is 1.40 bits per heavy atom. The SMILES string of the molecule is COc1ccccc1N1C[C@@H](C(=O)N(C)Cc2cnn(C)c2)CC1=O. The Labute approximate surface area is 146 Å². The molecule has 2 amide bonds. The number of hydrogen-bond acceptors (Lipinski definition) is 4. The number of methoxy groups -OCH3 is 1. The van der Waals surface area contributed by atoms with Gasteiger partial charge in [0, 0.05) is 45.4 Å². The summed E-state index contributed by atoms with van der Waals surface area (Å²) in [6, 6.07) is 7.36. The summed E-state index contributed by atoms with van der Waals surface area (Å²) in [6.07, 6.45) is 3.84. The predicted molar refractivity (Wildman–Crippen MR) is 93.1 cm³/mol. The van der Waals surface area contributed by atoms with Crippen molar-refractivity contribution in [2.45, 2.75) is 13.0 Å². The number of aryl methyl sites for hydroxylation is 1. The van der Waals surface area contributed by atoms with E-state index < -0.39 is 0 Å². The van der Waals surface area contributed by atoms with Gasteiger partial charge in [0.05, 0.1) is 24.9 Å². The highest BCUT2D eigenvalue weighted by atomic mass is 16.5. The first-order chi connectivity index (χ1) is 12.0. The van der Waals surface area contributed by atoms with Crippen molar-refractivity contribution in [2.75, 3.05) is 25.6 Å². The molecule has 0 aliphatic carbocycles. The zero-order valence-electron chi connectivity index (χ0n) is 14.7. The van der Waals surface area contributed by atoms with Crippen LogP contribution in [-0.4, -0.2) is 47.2 Å². The number of carbonyl (C=O) groups is 2. The third kappa shape index (κ3) is 3.50. The van der Waals surface area contributed by atoms with Crippen LogP contribution < -0.4 is 9.64 Å². The number of rotatable bonds is 5. The van der Waals surface area contributed by atoms with Gasteiger partial charge in [-0.15, -0.1) is 0 Å². The molecule has 1 aromatic carbocycles. The lowest BCUT2D eigenvalue weighted by Crippen LogP contribution is -2.34. The molecule has 1 aliphatic rings. The van der Waals surface area contributed by atoms with Crippen LogP contribution in [0.25, 0.3) is 0 Å². The molecule has 0 bridgehead atoms. The first kappa shape index (κ1) is 17.0. The standard InChI is InChI=1S/C18H22N4O3/c1-20(10-13-9-19-21(2)11-13)18(24)14-8-17(23)22(12-14)15-6-4-5-7-16(15)25-3/h4-7,9,11,14H,8,10,12H2,1-3H3/t14-/m0/s1. The van der Waals surface area contributed by atoms with Crippen molar-refractivity contribution in [1.29, 1.82) is 0 Å². The minimum Gasteiger partial charge on any atom is -0.495 e. The quantitative estimate of drug-likeness (QED) is 0.825. The van der Waals surface area contributed by atoms with Crippen molar-refractivity contribution >= 4 is 17.5 Å². The molecule has 7 heteroatoms. The second kappa shape index (κ2) is 6.96. The molecule has 2 aromatic rings. The molecule has 1 atom stereocenters. The van der Waals surface area contributed by atoms with Crippen LogP contribution >= 0.6 is 0 Å². The highest BCUT2D eigenvalue weighted by molar-refractivity contribution is 6.01. The highest BCUT2D eigenvalue weighted by Crippen LogP contribution is 2.33. The van der Waals surface area contributed by atoms with Crippen LogP contribution in [0.2, 0.25) is 0 Å². The molecule has 1 aromatic heterocycles. The zero-order chi connectivity index (χ0) is 18.0. The van der Waals surface area contributed by atoms with E-state index in [1.165, 1.54) is 0 Å². The number of nitrogens with zero attached hydrogens (tertiary/aromatic N) is 4. The number of aromatic nitrogens is 2. The summed E-state index contributed by atoms with van der Waals surface area (Å²) in [5.74, 6) is 0.193. The van der Waals surface area contributed by atoms with Crippen LogP contribution in [0.4, 0.5) is 5.69 Å². The van der Waals surface area contributed by atoms with Crippen molar-refractivity contribution < 1.29 is 14.3 Å². The molecule has 0 unspecified atom stereocenters. The van der Waals surface area contributed by atoms with Crippen molar-refractivity contribution in [3.8, 4) is 5.75 Å². The fourth-order valence-corrected chi connectivity index (χ4v) is 3.18. The van der Waals surface area contributed by atoms with Gasteiger partial charge < -0.3 is 14.5 Å². The summed E-state index contributed by atoms with van der Waals surface area (Å²) in [6.45, 7) is 0.849. The van der Waals surface area contributed by atoms with E-state index in [-0.39, 0.29) is 24.2 Å². The number of carbonyl (C=O) groups excluding carboxylic acids is 2. The van der Waals surface area contributed by atoms with Gasteiger partial charge in [-0.2, -0.15) is 5.10 Å². The van der Waals surface area contributed by atoms with Crippen LogP contribution in [0.1, 0.15) is 12.0 Å². The number of benzene rings is 1. The average Bonchev–Trinajstić information content (AvgIpc) is 3.19. The lowest BCUT2D eigenvalue weighted by atomic mass is 10.1. The third-order valence-electron chi connectivity index (χ3n) is 4.40. The van der Waals surface area contributed by atoms with Gasteiger partial charge >= 0.3 is 0 Å². The number of hydrogen-bond donors (Lipinski definition) is 0. The average molecular weight is 342 g/mol. The van der Waals surface area contributed by atoms with E-state index in [1.807, 2.05) is 37.5 Å². The molecular weight excluding hydrogens is 320 g/mol. The molecule has 1 fully saturated rings. The second-order valence-corrected chi connectivity index (χ2v) is 6.29. The molecule has 0 radical (unpaired) electrons. The molecule has 1 saturated heterocycles. The molecule has 7 nitrogen and oxygen atoms in total. The maximum absolute atomic E-state index is 12.7. The smallest absolute Gasteiger partial charge is 0.228 e. The molecule has 0 saturated carbocycles. The van der Waals surface area contributed by atoms with E-state index in [0.717, 1.165) is 5.56 Å². The Morgan fingerprint density at radius 2 is 2.16 bits per heavy atom. The summed E-state index contributed by atoms with van der Waals surface area (Å²) in [5.41, 5.74) is 1.67. The van der Waals surface area contributed by atoms with Crippen molar-refractivity contribution in [3.05, 3.63) is 42.2 Å². The van der Waals surface area contributed by atoms with Crippen molar-refractivity contribution in [3.63, 3.8) is 0 Å². The van der Waals surface area contributed by atoms with E-state index in [0.29, 0.717) is 24.5 Å². The molecule has 2 heterocycles. The summed E-state index contributed by atoms with van der Waals surface area (Å²) in [4.78, 5) is 28.4. The Hall–Kier alpha value is -2.83. The monoisotopic (exact) mass is 342 g/mol. The van der Waals surface area contributed by atoms with Gasteiger partial charge in [0.1, 0.15) is 5.75 Å². The van der Waals surface area contributed by atoms with Gasteiger partial charge in [-0.1, -0.05) is 12.1 Å². The summed E-state index contributed by atoms with van der Waals surface area (Å²) in [5, 5.41) is 4.11. The predicted octanol–water partition coefficient (Wildman–Crippen LogP) is 1.44. The molecular formula is C18H22N4O3. The van der Waals surface area contributed by atoms with Crippen LogP contribution in [0, 0.1) is 5.92 Å². The lowest BCUT2D eigenvalue weighted by molar-refractivity contribution is -0.135. The molecule has 1 aliphatic heterocycles. The Kier molecular flexibility index (Phi) is 4.74. The first-order valence-corrected chi connectivity index (χ1v) is 8.15. The van der Waals surface area contributed by atoms with Crippen molar-refractivity contribution in [2.24, 2.45) is 13.0 Å². The topological polar surface area (TPSA) is 67.7 Å². The second-order valence-electron chi connectivity index (χ2n) is 6.29.